The summed E-state index contributed by atoms with van der Waals surface area (Å²) in [5.74, 6) is 0.144. The maximum absolute atomic E-state index is 11.9. The van der Waals surface area contributed by atoms with Crippen LogP contribution in [0.2, 0.25) is 10.0 Å². The lowest BCUT2D eigenvalue weighted by molar-refractivity contribution is -0.118. The Morgan fingerprint density at radius 1 is 1.41 bits per heavy atom. The number of halogens is 2. The fourth-order valence-corrected chi connectivity index (χ4v) is 3.37. The summed E-state index contributed by atoms with van der Waals surface area (Å²) in [7, 11) is 0. The average molecular weight is 359 g/mol. The van der Waals surface area contributed by atoms with Crippen LogP contribution in [0.15, 0.2) is 18.2 Å². The highest BCUT2D eigenvalue weighted by atomic mass is 35.5. The van der Waals surface area contributed by atoms with Crippen LogP contribution in [0.25, 0.3) is 0 Å². The number of rotatable bonds is 6. The number of carbonyl (C=O) groups excluding carboxylic acids is 1. The number of nitrogens with one attached hydrogen (secondary N) is 1. The minimum atomic E-state index is -0.275. The van der Waals surface area contributed by atoms with Gasteiger partial charge in [0.15, 0.2) is 11.7 Å². The molecule has 1 aromatic carbocycles. The van der Waals surface area contributed by atoms with Gasteiger partial charge in [-0.05, 0) is 31.5 Å². The van der Waals surface area contributed by atoms with Crippen LogP contribution < -0.4 is 10.1 Å². The quantitative estimate of drug-likeness (QED) is 0.811. The van der Waals surface area contributed by atoms with E-state index in [9.17, 15) is 4.79 Å². The van der Waals surface area contributed by atoms with Crippen LogP contribution in [0.1, 0.15) is 23.9 Å². The molecule has 0 radical (unpaired) electrons. The predicted octanol–water partition coefficient (Wildman–Crippen LogP) is 4.73. The Balaban J connectivity index is 1.91. The zero-order valence-corrected chi connectivity index (χ0v) is 14.6. The molecule has 4 nitrogen and oxygen atoms in total. The van der Waals surface area contributed by atoms with Crippen molar-refractivity contribution in [2.24, 2.45) is 0 Å². The molecule has 118 valence electrons. The highest BCUT2D eigenvalue weighted by Crippen LogP contribution is 2.27. The van der Waals surface area contributed by atoms with Gasteiger partial charge in [-0.25, -0.2) is 4.98 Å². The van der Waals surface area contributed by atoms with Crippen LogP contribution in [0.5, 0.6) is 5.75 Å². The van der Waals surface area contributed by atoms with Crippen molar-refractivity contribution in [3.05, 3.63) is 38.8 Å². The van der Waals surface area contributed by atoms with Crippen molar-refractivity contribution in [1.29, 1.82) is 0 Å². The Hall–Kier alpha value is -1.30. The van der Waals surface area contributed by atoms with Crippen molar-refractivity contribution in [2.45, 2.75) is 26.7 Å². The lowest BCUT2D eigenvalue weighted by Gasteiger charge is -2.07. The molecule has 7 heteroatoms. The van der Waals surface area contributed by atoms with Gasteiger partial charge in [0.05, 0.1) is 10.7 Å². The molecule has 1 aromatic heterocycles. The predicted molar refractivity (Wildman–Crippen MR) is 91.4 cm³/mol. The fraction of sp³-hybridized carbons (Fsp3) is 0.333. The van der Waals surface area contributed by atoms with E-state index in [1.54, 1.807) is 18.2 Å². The van der Waals surface area contributed by atoms with Crippen LogP contribution in [0, 0.1) is 6.92 Å². The molecule has 0 aliphatic carbocycles. The van der Waals surface area contributed by atoms with Crippen molar-refractivity contribution in [3.8, 4) is 5.75 Å². The summed E-state index contributed by atoms with van der Waals surface area (Å²) in [5.41, 5.74) is 0.962. The van der Waals surface area contributed by atoms with E-state index in [0.717, 1.165) is 18.5 Å². The summed E-state index contributed by atoms with van der Waals surface area (Å²) < 4.78 is 5.38. The monoisotopic (exact) mass is 358 g/mol. The molecule has 22 heavy (non-hydrogen) atoms. The molecule has 1 amide bonds. The van der Waals surface area contributed by atoms with E-state index >= 15 is 0 Å². The molecule has 1 heterocycles. The molecule has 0 unspecified atom stereocenters. The van der Waals surface area contributed by atoms with E-state index in [0.29, 0.717) is 20.9 Å². The second-order valence-corrected chi connectivity index (χ2v) is 6.62. The Labute approximate surface area is 143 Å². The van der Waals surface area contributed by atoms with E-state index in [4.69, 9.17) is 27.9 Å². The third-order valence-corrected chi connectivity index (χ3v) is 4.53. The maximum Gasteiger partial charge on any atom is 0.264 e. The highest BCUT2D eigenvalue weighted by molar-refractivity contribution is 7.15. The maximum atomic E-state index is 11.9. The first kappa shape index (κ1) is 17.1. The molecular formula is C15H16Cl2N2O2S. The number of amides is 1. The van der Waals surface area contributed by atoms with Gasteiger partial charge in [-0.2, -0.15) is 0 Å². The van der Waals surface area contributed by atoms with E-state index < -0.39 is 0 Å². The second kappa shape index (κ2) is 7.81. The molecule has 2 aromatic rings. The first-order valence-corrected chi connectivity index (χ1v) is 8.41. The second-order valence-electron chi connectivity index (χ2n) is 4.69. The number of ether oxygens (including phenoxy) is 1. The first-order valence-electron chi connectivity index (χ1n) is 6.83. The molecule has 0 bridgehead atoms. The summed E-state index contributed by atoms with van der Waals surface area (Å²) in [6.45, 7) is 3.92. The summed E-state index contributed by atoms with van der Waals surface area (Å²) in [6, 6.07) is 4.85. The average Bonchev–Trinajstić information content (AvgIpc) is 2.78. The van der Waals surface area contributed by atoms with E-state index in [1.165, 1.54) is 16.2 Å². The zero-order chi connectivity index (χ0) is 16.1. The molecule has 0 saturated heterocycles. The number of anilines is 1. The van der Waals surface area contributed by atoms with Crippen molar-refractivity contribution in [2.75, 3.05) is 11.9 Å². The van der Waals surface area contributed by atoms with Crippen molar-refractivity contribution >= 4 is 45.6 Å². The van der Waals surface area contributed by atoms with E-state index in [2.05, 4.69) is 17.2 Å². The Bertz CT molecular complexity index is 674. The van der Waals surface area contributed by atoms with Gasteiger partial charge in [-0.15, -0.1) is 11.3 Å². The number of carbonyl (C=O) groups is 1. The van der Waals surface area contributed by atoms with Crippen molar-refractivity contribution in [3.63, 3.8) is 0 Å². The number of aryl methyl sites for hydroxylation is 2. The first-order chi connectivity index (χ1) is 10.5. The normalized spacial score (nSPS) is 10.5. The van der Waals surface area contributed by atoms with Crippen LogP contribution in [-0.2, 0) is 11.2 Å². The summed E-state index contributed by atoms with van der Waals surface area (Å²) in [5, 5.41) is 4.22. The van der Waals surface area contributed by atoms with E-state index in [1.807, 2.05) is 6.92 Å². The number of thiazole rings is 1. The third-order valence-electron chi connectivity index (χ3n) is 2.87. The number of benzene rings is 1. The van der Waals surface area contributed by atoms with Crippen LogP contribution >= 0.6 is 34.5 Å². The number of hydrogen-bond donors (Lipinski definition) is 1. The lowest BCUT2D eigenvalue weighted by atomic mass is 10.2. The topological polar surface area (TPSA) is 51.2 Å². The lowest BCUT2D eigenvalue weighted by Crippen LogP contribution is -2.20. The SMILES string of the molecule is CCCc1sc(NC(=O)COc2ccc(Cl)cc2Cl)nc1C. The van der Waals surface area contributed by atoms with Gasteiger partial charge >= 0.3 is 0 Å². The van der Waals surface area contributed by atoms with Crippen LogP contribution in [-0.4, -0.2) is 17.5 Å². The molecule has 0 aliphatic rings. The smallest absolute Gasteiger partial charge is 0.264 e. The molecule has 0 saturated carbocycles. The Morgan fingerprint density at radius 3 is 2.86 bits per heavy atom. The molecule has 1 N–H and O–H groups in total. The molecule has 2 rings (SSSR count). The molecular weight excluding hydrogens is 343 g/mol. The van der Waals surface area contributed by atoms with Gasteiger partial charge in [0.25, 0.3) is 5.91 Å². The van der Waals surface area contributed by atoms with Crippen molar-refractivity contribution < 1.29 is 9.53 Å². The minimum absolute atomic E-state index is 0.136. The minimum Gasteiger partial charge on any atom is -0.482 e. The standard InChI is InChI=1S/C15H16Cl2N2O2S/c1-3-4-13-9(2)18-15(22-13)19-14(20)8-21-12-6-5-10(16)7-11(12)17/h5-7H,3-4,8H2,1-2H3,(H,18,19,20). The van der Waals surface area contributed by atoms with Gasteiger partial charge in [0, 0.05) is 9.90 Å². The zero-order valence-electron chi connectivity index (χ0n) is 12.3. The number of hydrogen-bond acceptors (Lipinski definition) is 4. The van der Waals surface area contributed by atoms with Gasteiger partial charge in [-0.3, -0.25) is 10.1 Å². The molecule has 0 fully saturated rings. The van der Waals surface area contributed by atoms with Gasteiger partial charge < -0.3 is 4.74 Å². The highest BCUT2D eigenvalue weighted by Gasteiger charge is 2.11. The number of aromatic nitrogens is 1. The Kier molecular flexibility index (Phi) is 6.06. The molecule has 0 spiro atoms. The fourth-order valence-electron chi connectivity index (χ4n) is 1.83. The molecule has 0 atom stereocenters. The largest absolute Gasteiger partial charge is 0.482 e. The van der Waals surface area contributed by atoms with Gasteiger partial charge in [0.1, 0.15) is 5.75 Å². The van der Waals surface area contributed by atoms with Crippen molar-refractivity contribution in [1.82, 2.24) is 4.98 Å². The summed E-state index contributed by atoms with van der Waals surface area (Å²) in [6.07, 6.45) is 2.02. The Morgan fingerprint density at radius 2 is 2.18 bits per heavy atom. The number of nitrogens with zero attached hydrogens (tertiary/aromatic N) is 1. The third kappa shape index (κ3) is 4.60. The van der Waals surface area contributed by atoms with E-state index in [-0.39, 0.29) is 12.5 Å². The summed E-state index contributed by atoms with van der Waals surface area (Å²) in [4.78, 5) is 17.4. The van der Waals surface area contributed by atoms with Crippen LogP contribution in [0.3, 0.4) is 0 Å². The molecule has 0 aliphatic heterocycles. The summed E-state index contributed by atoms with van der Waals surface area (Å²) >= 11 is 13.3. The van der Waals surface area contributed by atoms with Gasteiger partial charge in [-0.1, -0.05) is 36.5 Å². The van der Waals surface area contributed by atoms with Crippen LogP contribution in [0.4, 0.5) is 5.13 Å². The van der Waals surface area contributed by atoms with Gasteiger partial charge in [0.2, 0.25) is 0 Å².